The Labute approximate surface area is 186 Å². The zero-order chi connectivity index (χ0) is 22.0. The molecule has 0 bridgehead atoms. The third kappa shape index (κ3) is 4.59. The highest BCUT2D eigenvalue weighted by Crippen LogP contribution is 2.28. The van der Waals surface area contributed by atoms with E-state index in [4.69, 9.17) is 0 Å². The van der Waals surface area contributed by atoms with E-state index in [1.165, 1.54) is 18.1 Å². The molecule has 164 valence electrons. The first kappa shape index (κ1) is 21.8. The molecule has 3 heterocycles. The first-order valence-corrected chi connectivity index (χ1v) is 13.1. The predicted molar refractivity (Wildman–Crippen MR) is 121 cm³/mol. The third-order valence-corrected chi connectivity index (χ3v) is 8.36. The molecule has 1 aromatic carbocycles. The van der Waals surface area contributed by atoms with Gasteiger partial charge in [0.1, 0.15) is 11.4 Å². The lowest BCUT2D eigenvalue weighted by Crippen LogP contribution is -2.47. The SMILES string of the molecule is CC[C@H](C)N(C(=O)CSc1ncnc2c1cnn2-c1ccccc1)[C@H]1CCS(=O)(=O)C1. The van der Waals surface area contributed by atoms with Crippen molar-refractivity contribution in [3.63, 3.8) is 0 Å². The van der Waals surface area contributed by atoms with Gasteiger partial charge in [-0.15, -0.1) is 0 Å². The van der Waals surface area contributed by atoms with Crippen LogP contribution in [0, 0.1) is 0 Å². The van der Waals surface area contributed by atoms with E-state index in [2.05, 4.69) is 15.1 Å². The van der Waals surface area contributed by atoms with Crippen LogP contribution >= 0.6 is 11.8 Å². The molecule has 2 aromatic heterocycles. The van der Waals surface area contributed by atoms with Crippen molar-refractivity contribution in [2.75, 3.05) is 17.3 Å². The number of thioether (sulfide) groups is 1. The number of amides is 1. The standard InChI is InChI=1S/C21H25N5O3S2/c1-3-15(2)25(17-9-10-31(28,29)13-17)19(27)12-30-21-18-11-24-26(20(18)22-14-23-21)16-7-5-4-6-8-16/h4-8,11,14-15,17H,3,9-10,12-13H2,1-2H3/t15-,17-/m0/s1. The first-order valence-electron chi connectivity index (χ1n) is 10.3. The summed E-state index contributed by atoms with van der Waals surface area (Å²) >= 11 is 1.34. The third-order valence-electron chi connectivity index (χ3n) is 5.62. The Balaban J connectivity index is 1.54. The van der Waals surface area contributed by atoms with E-state index in [1.54, 1.807) is 15.8 Å². The Bertz CT molecular complexity index is 1180. The van der Waals surface area contributed by atoms with Gasteiger partial charge in [0.2, 0.25) is 5.91 Å². The Morgan fingerprint density at radius 1 is 1.29 bits per heavy atom. The van der Waals surface area contributed by atoms with Crippen molar-refractivity contribution in [1.29, 1.82) is 0 Å². The number of hydrogen-bond acceptors (Lipinski definition) is 7. The molecule has 8 nitrogen and oxygen atoms in total. The molecule has 1 amide bonds. The van der Waals surface area contributed by atoms with Gasteiger partial charge in [-0.2, -0.15) is 5.10 Å². The number of fused-ring (bicyclic) bond motifs is 1. The van der Waals surface area contributed by atoms with Gasteiger partial charge in [0.15, 0.2) is 15.5 Å². The van der Waals surface area contributed by atoms with E-state index < -0.39 is 9.84 Å². The molecule has 10 heteroatoms. The molecule has 0 saturated carbocycles. The second-order valence-electron chi connectivity index (χ2n) is 7.71. The molecule has 1 fully saturated rings. The molecule has 0 unspecified atom stereocenters. The number of aromatic nitrogens is 4. The minimum absolute atomic E-state index is 0.0161. The zero-order valence-corrected chi connectivity index (χ0v) is 19.1. The van der Waals surface area contributed by atoms with Gasteiger partial charge in [-0.05, 0) is 31.9 Å². The number of carbonyl (C=O) groups excluding carboxylic acids is 1. The summed E-state index contributed by atoms with van der Waals surface area (Å²) in [6.45, 7) is 3.98. The number of rotatable bonds is 7. The number of para-hydroxylation sites is 1. The summed E-state index contributed by atoms with van der Waals surface area (Å²) in [6, 6.07) is 9.44. The molecule has 2 atom stereocenters. The maximum absolute atomic E-state index is 13.1. The quantitative estimate of drug-likeness (QED) is 0.396. The molecule has 1 saturated heterocycles. The van der Waals surface area contributed by atoms with E-state index in [0.717, 1.165) is 17.5 Å². The molecule has 1 aliphatic rings. The fourth-order valence-corrected chi connectivity index (χ4v) is 6.44. The smallest absolute Gasteiger partial charge is 0.233 e. The summed E-state index contributed by atoms with van der Waals surface area (Å²) < 4.78 is 25.7. The number of carbonyl (C=O) groups is 1. The summed E-state index contributed by atoms with van der Waals surface area (Å²) in [5.41, 5.74) is 1.57. The number of benzene rings is 1. The van der Waals surface area contributed by atoms with Crippen LogP contribution in [0.5, 0.6) is 0 Å². The molecule has 0 radical (unpaired) electrons. The van der Waals surface area contributed by atoms with Gasteiger partial charge >= 0.3 is 0 Å². The van der Waals surface area contributed by atoms with Gasteiger partial charge in [-0.25, -0.2) is 23.1 Å². The van der Waals surface area contributed by atoms with Crippen LogP contribution in [0.3, 0.4) is 0 Å². The maximum atomic E-state index is 13.1. The lowest BCUT2D eigenvalue weighted by molar-refractivity contribution is -0.132. The van der Waals surface area contributed by atoms with Crippen LogP contribution in [-0.4, -0.2) is 68.3 Å². The second kappa shape index (κ2) is 8.96. The van der Waals surface area contributed by atoms with Crippen LogP contribution in [0.2, 0.25) is 0 Å². The average molecular weight is 460 g/mol. The van der Waals surface area contributed by atoms with Crippen molar-refractivity contribution in [3.05, 3.63) is 42.9 Å². The minimum atomic E-state index is -3.07. The van der Waals surface area contributed by atoms with Gasteiger partial charge in [-0.3, -0.25) is 4.79 Å². The molecule has 0 N–H and O–H groups in total. The Hall–Kier alpha value is -2.46. The molecular weight excluding hydrogens is 434 g/mol. The van der Waals surface area contributed by atoms with E-state index >= 15 is 0 Å². The lowest BCUT2D eigenvalue weighted by Gasteiger charge is -2.33. The van der Waals surface area contributed by atoms with Crippen molar-refractivity contribution >= 4 is 38.5 Å². The Morgan fingerprint density at radius 3 is 2.74 bits per heavy atom. The van der Waals surface area contributed by atoms with Gasteiger partial charge in [0.25, 0.3) is 0 Å². The zero-order valence-electron chi connectivity index (χ0n) is 17.5. The maximum Gasteiger partial charge on any atom is 0.233 e. The van der Waals surface area contributed by atoms with Crippen molar-refractivity contribution in [3.8, 4) is 5.69 Å². The molecule has 1 aliphatic heterocycles. The monoisotopic (exact) mass is 459 g/mol. The molecule has 3 aromatic rings. The van der Waals surface area contributed by atoms with Crippen LogP contribution in [0.1, 0.15) is 26.7 Å². The molecule has 31 heavy (non-hydrogen) atoms. The molecule has 0 aliphatic carbocycles. The average Bonchev–Trinajstić information content (AvgIpc) is 3.36. The largest absolute Gasteiger partial charge is 0.335 e. The molecule has 4 rings (SSSR count). The van der Waals surface area contributed by atoms with Gasteiger partial charge in [-0.1, -0.05) is 36.9 Å². The summed E-state index contributed by atoms with van der Waals surface area (Å²) in [5.74, 6) is 0.318. The summed E-state index contributed by atoms with van der Waals surface area (Å²) in [4.78, 5) is 23.6. The first-order chi connectivity index (χ1) is 14.9. The Kier molecular flexibility index (Phi) is 6.29. The second-order valence-corrected chi connectivity index (χ2v) is 10.9. The van der Waals surface area contributed by atoms with Crippen molar-refractivity contribution in [1.82, 2.24) is 24.6 Å². The van der Waals surface area contributed by atoms with Crippen LogP contribution < -0.4 is 0 Å². The highest BCUT2D eigenvalue weighted by Gasteiger charge is 2.36. The van der Waals surface area contributed by atoms with Crippen LogP contribution in [0.15, 0.2) is 47.9 Å². The normalized spacial score (nSPS) is 18.8. The summed E-state index contributed by atoms with van der Waals surface area (Å²) in [5, 5.41) is 5.91. The van der Waals surface area contributed by atoms with E-state index in [1.807, 2.05) is 44.2 Å². The fraction of sp³-hybridized carbons (Fsp3) is 0.429. The van der Waals surface area contributed by atoms with E-state index in [0.29, 0.717) is 17.1 Å². The van der Waals surface area contributed by atoms with Gasteiger partial charge in [0.05, 0.1) is 34.5 Å². The van der Waals surface area contributed by atoms with Crippen LogP contribution in [0.4, 0.5) is 0 Å². The van der Waals surface area contributed by atoms with E-state index in [9.17, 15) is 13.2 Å². The van der Waals surface area contributed by atoms with Crippen LogP contribution in [-0.2, 0) is 14.6 Å². The Morgan fingerprint density at radius 2 is 2.06 bits per heavy atom. The molecule has 0 spiro atoms. The summed E-state index contributed by atoms with van der Waals surface area (Å²) in [7, 11) is -3.07. The van der Waals surface area contributed by atoms with Crippen LogP contribution in [0.25, 0.3) is 16.7 Å². The van der Waals surface area contributed by atoms with E-state index in [-0.39, 0.29) is 35.2 Å². The van der Waals surface area contributed by atoms with Gasteiger partial charge < -0.3 is 4.90 Å². The number of sulfone groups is 1. The van der Waals surface area contributed by atoms with Gasteiger partial charge in [0, 0.05) is 12.1 Å². The van der Waals surface area contributed by atoms with Crippen molar-refractivity contribution in [2.45, 2.75) is 43.8 Å². The highest BCUT2D eigenvalue weighted by molar-refractivity contribution is 8.00. The minimum Gasteiger partial charge on any atom is -0.335 e. The highest BCUT2D eigenvalue weighted by atomic mass is 32.2. The fourth-order valence-electron chi connectivity index (χ4n) is 3.90. The topological polar surface area (TPSA) is 98.1 Å². The predicted octanol–water partition coefficient (Wildman–Crippen LogP) is 2.72. The van der Waals surface area contributed by atoms with Crippen molar-refractivity contribution < 1.29 is 13.2 Å². The number of nitrogens with zero attached hydrogens (tertiary/aromatic N) is 5. The van der Waals surface area contributed by atoms with Crippen molar-refractivity contribution in [2.24, 2.45) is 0 Å². The molecular formula is C21H25N5O3S2. The number of hydrogen-bond donors (Lipinski definition) is 0. The lowest BCUT2D eigenvalue weighted by atomic mass is 10.1. The summed E-state index contributed by atoms with van der Waals surface area (Å²) in [6.07, 6.45) is 4.47.